The highest BCUT2D eigenvalue weighted by molar-refractivity contribution is 6.03. The fraction of sp³-hybridized carbons (Fsp3) is 0.300. The SMILES string of the molecule is CC1C(=O)c2ccccc2C1(F)F. The smallest absolute Gasteiger partial charge is 0.283 e. The lowest BCUT2D eigenvalue weighted by molar-refractivity contribution is -0.0369. The van der Waals surface area contributed by atoms with Gasteiger partial charge in [-0.2, -0.15) is 0 Å². The number of alkyl halides is 2. The van der Waals surface area contributed by atoms with Crippen molar-refractivity contribution >= 4 is 5.78 Å². The molecule has 0 aromatic heterocycles. The summed E-state index contributed by atoms with van der Waals surface area (Å²) < 4.78 is 26.7. The maximum atomic E-state index is 13.4. The minimum absolute atomic E-state index is 0.132. The van der Waals surface area contributed by atoms with Crippen molar-refractivity contribution in [3.05, 3.63) is 35.4 Å². The van der Waals surface area contributed by atoms with Gasteiger partial charge in [0.1, 0.15) is 0 Å². The Morgan fingerprint density at radius 1 is 1.31 bits per heavy atom. The molecular weight excluding hydrogens is 174 g/mol. The van der Waals surface area contributed by atoms with Gasteiger partial charge < -0.3 is 0 Å². The summed E-state index contributed by atoms with van der Waals surface area (Å²) in [6, 6.07) is 5.90. The van der Waals surface area contributed by atoms with Crippen molar-refractivity contribution in [2.24, 2.45) is 5.92 Å². The van der Waals surface area contributed by atoms with E-state index >= 15 is 0 Å². The Kier molecular flexibility index (Phi) is 1.53. The van der Waals surface area contributed by atoms with Crippen molar-refractivity contribution in [1.29, 1.82) is 0 Å². The molecule has 13 heavy (non-hydrogen) atoms. The second-order valence-electron chi connectivity index (χ2n) is 3.25. The summed E-state index contributed by atoms with van der Waals surface area (Å²) in [4.78, 5) is 11.3. The number of rotatable bonds is 0. The molecule has 0 spiro atoms. The quantitative estimate of drug-likeness (QED) is 0.602. The van der Waals surface area contributed by atoms with Crippen LogP contribution in [0.4, 0.5) is 8.78 Å². The number of hydrogen-bond acceptors (Lipinski definition) is 1. The van der Waals surface area contributed by atoms with Crippen LogP contribution in [0.25, 0.3) is 0 Å². The fourth-order valence-corrected chi connectivity index (χ4v) is 1.62. The molecule has 0 radical (unpaired) electrons. The van der Waals surface area contributed by atoms with Crippen molar-refractivity contribution in [3.8, 4) is 0 Å². The molecule has 0 heterocycles. The first-order valence-corrected chi connectivity index (χ1v) is 4.06. The summed E-state index contributed by atoms with van der Waals surface area (Å²) in [7, 11) is 0. The topological polar surface area (TPSA) is 17.1 Å². The molecule has 1 aromatic rings. The summed E-state index contributed by atoms with van der Waals surface area (Å²) >= 11 is 0. The molecule has 1 nitrogen and oxygen atoms in total. The van der Waals surface area contributed by atoms with Crippen molar-refractivity contribution in [3.63, 3.8) is 0 Å². The summed E-state index contributed by atoms with van der Waals surface area (Å²) in [5, 5.41) is 0. The van der Waals surface area contributed by atoms with Crippen LogP contribution in [0.3, 0.4) is 0 Å². The van der Waals surface area contributed by atoms with Gasteiger partial charge in [0.15, 0.2) is 5.78 Å². The van der Waals surface area contributed by atoms with Crippen molar-refractivity contribution in [2.75, 3.05) is 0 Å². The molecule has 1 aromatic carbocycles. The highest BCUT2D eigenvalue weighted by Crippen LogP contribution is 2.45. The molecule has 0 aliphatic heterocycles. The molecule has 0 bridgehead atoms. The van der Waals surface area contributed by atoms with Gasteiger partial charge in [0.25, 0.3) is 5.92 Å². The van der Waals surface area contributed by atoms with Crippen LogP contribution in [0.15, 0.2) is 24.3 Å². The molecular formula is C10H8F2O. The molecule has 0 saturated heterocycles. The number of Topliss-reactive ketones (excluding diaryl/α,β-unsaturated/α-hetero) is 1. The molecule has 1 atom stereocenters. The van der Waals surface area contributed by atoms with E-state index in [1.54, 1.807) is 6.07 Å². The Balaban J connectivity index is 2.68. The van der Waals surface area contributed by atoms with Crippen molar-refractivity contribution < 1.29 is 13.6 Å². The summed E-state index contributed by atoms with van der Waals surface area (Å²) in [6.45, 7) is 1.27. The number of carbonyl (C=O) groups excluding carboxylic acids is 1. The van der Waals surface area contributed by atoms with E-state index in [0.717, 1.165) is 0 Å². The van der Waals surface area contributed by atoms with Gasteiger partial charge >= 0.3 is 0 Å². The highest BCUT2D eigenvalue weighted by atomic mass is 19.3. The third kappa shape index (κ3) is 0.930. The molecule has 0 amide bonds. The van der Waals surface area contributed by atoms with Gasteiger partial charge in [0.05, 0.1) is 5.92 Å². The molecule has 1 aliphatic carbocycles. The molecule has 1 unspecified atom stereocenters. The number of ketones is 1. The second kappa shape index (κ2) is 2.37. The van der Waals surface area contributed by atoms with E-state index < -0.39 is 17.6 Å². The lowest BCUT2D eigenvalue weighted by Gasteiger charge is -2.13. The van der Waals surface area contributed by atoms with Crippen LogP contribution in [0.1, 0.15) is 22.8 Å². The van der Waals surface area contributed by atoms with Gasteiger partial charge in [-0.3, -0.25) is 4.79 Å². The van der Waals surface area contributed by atoms with Crippen LogP contribution < -0.4 is 0 Å². The van der Waals surface area contributed by atoms with Gasteiger partial charge in [0.2, 0.25) is 0 Å². The van der Waals surface area contributed by atoms with Crippen LogP contribution in [-0.4, -0.2) is 5.78 Å². The molecule has 0 fully saturated rings. The van der Waals surface area contributed by atoms with E-state index in [4.69, 9.17) is 0 Å². The van der Waals surface area contributed by atoms with Crippen LogP contribution in [0, 0.1) is 5.92 Å². The van der Waals surface area contributed by atoms with Crippen LogP contribution in [-0.2, 0) is 5.92 Å². The van der Waals surface area contributed by atoms with Gasteiger partial charge in [-0.1, -0.05) is 24.3 Å². The van der Waals surface area contributed by atoms with Crippen molar-refractivity contribution in [2.45, 2.75) is 12.8 Å². The fourth-order valence-electron chi connectivity index (χ4n) is 1.62. The zero-order valence-electron chi connectivity index (χ0n) is 7.05. The number of fused-ring (bicyclic) bond motifs is 1. The van der Waals surface area contributed by atoms with Crippen LogP contribution in [0.5, 0.6) is 0 Å². The van der Waals surface area contributed by atoms with Crippen LogP contribution in [0.2, 0.25) is 0 Å². The highest BCUT2D eigenvalue weighted by Gasteiger charge is 2.50. The summed E-state index contributed by atoms with van der Waals surface area (Å²) in [6.07, 6.45) is 0. The normalized spacial score (nSPS) is 24.5. The standard InChI is InChI=1S/C10H8F2O/c1-6-9(13)7-4-2-3-5-8(7)10(6,11)12/h2-6H,1H3. The summed E-state index contributed by atoms with van der Waals surface area (Å²) in [5.74, 6) is -4.67. The second-order valence-corrected chi connectivity index (χ2v) is 3.25. The first-order valence-electron chi connectivity index (χ1n) is 4.06. The Morgan fingerprint density at radius 2 is 1.92 bits per heavy atom. The lowest BCUT2D eigenvalue weighted by Crippen LogP contribution is -2.20. The van der Waals surface area contributed by atoms with Gasteiger partial charge in [-0.25, -0.2) is 8.78 Å². The lowest BCUT2D eigenvalue weighted by atomic mass is 10.0. The van der Waals surface area contributed by atoms with Crippen molar-refractivity contribution in [1.82, 2.24) is 0 Å². The van der Waals surface area contributed by atoms with E-state index in [1.165, 1.54) is 25.1 Å². The molecule has 2 rings (SSSR count). The number of carbonyl (C=O) groups is 1. The Morgan fingerprint density at radius 3 is 2.54 bits per heavy atom. The van der Waals surface area contributed by atoms with E-state index in [-0.39, 0.29) is 11.1 Å². The predicted molar refractivity (Wildman–Crippen MR) is 43.8 cm³/mol. The molecule has 68 valence electrons. The van der Waals surface area contributed by atoms with Gasteiger partial charge in [0, 0.05) is 11.1 Å². The zero-order chi connectivity index (χ0) is 9.64. The van der Waals surface area contributed by atoms with E-state index in [9.17, 15) is 13.6 Å². The zero-order valence-corrected chi connectivity index (χ0v) is 7.05. The van der Waals surface area contributed by atoms with E-state index in [0.29, 0.717) is 0 Å². The largest absolute Gasteiger partial charge is 0.294 e. The monoisotopic (exact) mass is 182 g/mol. The Bertz CT molecular complexity index is 371. The first-order chi connectivity index (χ1) is 6.05. The number of halogens is 2. The molecule has 1 aliphatic rings. The van der Waals surface area contributed by atoms with Gasteiger partial charge in [-0.15, -0.1) is 0 Å². The molecule has 0 saturated carbocycles. The maximum absolute atomic E-state index is 13.4. The maximum Gasteiger partial charge on any atom is 0.283 e. The average Bonchev–Trinajstić information content (AvgIpc) is 2.30. The Labute approximate surface area is 74.4 Å². The van der Waals surface area contributed by atoms with Crippen LogP contribution >= 0.6 is 0 Å². The molecule has 0 N–H and O–H groups in total. The van der Waals surface area contributed by atoms with E-state index in [1.807, 2.05) is 0 Å². The average molecular weight is 182 g/mol. The molecule has 3 heteroatoms. The minimum Gasteiger partial charge on any atom is -0.294 e. The third-order valence-electron chi connectivity index (χ3n) is 2.49. The minimum atomic E-state index is -2.99. The van der Waals surface area contributed by atoms with E-state index in [2.05, 4.69) is 0 Å². The number of hydrogen-bond donors (Lipinski definition) is 0. The first kappa shape index (κ1) is 8.35. The predicted octanol–water partition coefficient (Wildman–Crippen LogP) is 2.61. The number of benzene rings is 1. The van der Waals surface area contributed by atoms with Gasteiger partial charge in [-0.05, 0) is 6.92 Å². The third-order valence-corrected chi connectivity index (χ3v) is 2.49. The summed E-state index contributed by atoms with van der Waals surface area (Å²) in [5.41, 5.74) is 0.0347. The Hall–Kier alpha value is -1.25.